The van der Waals surface area contributed by atoms with Gasteiger partial charge >= 0.3 is 6.09 Å². The molecule has 0 spiro atoms. The van der Waals surface area contributed by atoms with Crippen LogP contribution in [-0.4, -0.2) is 23.4 Å². The third-order valence-corrected chi connectivity index (χ3v) is 3.56. The number of halogens is 2. The largest absolute Gasteiger partial charge is 0.493 e. The standard InChI is InChI=1S/C16H19ClFNO3/c1-9-12(18)14(21-5)11(8-17)10-6-7-19(13(9)10)15(20)22-16(2,3)4/h6-7H,8H2,1-5H3. The quantitative estimate of drug-likeness (QED) is 0.756. The Balaban J connectivity index is 2.71. The number of nitrogens with zero attached hydrogens (tertiary/aromatic N) is 1. The number of hydrogen-bond acceptors (Lipinski definition) is 3. The van der Waals surface area contributed by atoms with Gasteiger partial charge in [0.2, 0.25) is 0 Å². The summed E-state index contributed by atoms with van der Waals surface area (Å²) in [6, 6.07) is 1.71. The van der Waals surface area contributed by atoms with Gasteiger partial charge in [0, 0.05) is 22.7 Å². The topological polar surface area (TPSA) is 40.5 Å². The predicted molar refractivity (Wildman–Crippen MR) is 84.4 cm³/mol. The fourth-order valence-electron chi connectivity index (χ4n) is 2.40. The number of aromatic nitrogens is 1. The maximum absolute atomic E-state index is 14.5. The molecule has 1 aromatic heterocycles. The molecule has 2 aromatic rings. The van der Waals surface area contributed by atoms with E-state index < -0.39 is 17.5 Å². The van der Waals surface area contributed by atoms with Crippen molar-refractivity contribution in [3.63, 3.8) is 0 Å². The zero-order valence-corrected chi connectivity index (χ0v) is 14.0. The van der Waals surface area contributed by atoms with E-state index in [1.165, 1.54) is 11.7 Å². The van der Waals surface area contributed by atoms with Crippen LogP contribution in [0.4, 0.5) is 9.18 Å². The number of benzene rings is 1. The molecule has 2 rings (SSSR count). The molecular weight excluding hydrogens is 309 g/mol. The molecule has 0 atom stereocenters. The molecule has 1 heterocycles. The molecule has 120 valence electrons. The van der Waals surface area contributed by atoms with Crippen LogP contribution in [0.3, 0.4) is 0 Å². The van der Waals surface area contributed by atoms with Crippen molar-refractivity contribution in [2.24, 2.45) is 0 Å². The van der Waals surface area contributed by atoms with Gasteiger partial charge in [-0.1, -0.05) is 0 Å². The summed E-state index contributed by atoms with van der Waals surface area (Å²) >= 11 is 5.94. The van der Waals surface area contributed by atoms with Crippen molar-refractivity contribution >= 4 is 28.6 Å². The van der Waals surface area contributed by atoms with Crippen molar-refractivity contribution in [1.82, 2.24) is 4.57 Å². The van der Waals surface area contributed by atoms with Crippen LogP contribution in [0.1, 0.15) is 31.9 Å². The maximum Gasteiger partial charge on any atom is 0.419 e. The fourth-order valence-corrected chi connectivity index (χ4v) is 2.66. The number of rotatable bonds is 2. The highest BCUT2D eigenvalue weighted by atomic mass is 35.5. The van der Waals surface area contributed by atoms with Gasteiger partial charge in [-0.2, -0.15) is 0 Å². The first-order valence-electron chi connectivity index (χ1n) is 6.86. The molecule has 0 unspecified atom stereocenters. The fraction of sp³-hybridized carbons (Fsp3) is 0.438. The van der Waals surface area contributed by atoms with E-state index in [4.69, 9.17) is 21.1 Å². The van der Waals surface area contributed by atoms with E-state index >= 15 is 0 Å². The van der Waals surface area contributed by atoms with Crippen molar-refractivity contribution in [2.45, 2.75) is 39.2 Å². The van der Waals surface area contributed by atoms with Gasteiger partial charge in [0.25, 0.3) is 0 Å². The normalized spacial score (nSPS) is 11.8. The molecule has 0 amide bonds. The molecule has 0 fully saturated rings. The molecule has 0 aliphatic heterocycles. The van der Waals surface area contributed by atoms with Crippen molar-refractivity contribution < 1.29 is 18.7 Å². The van der Waals surface area contributed by atoms with E-state index in [1.807, 2.05) is 0 Å². The summed E-state index contributed by atoms with van der Waals surface area (Å²) in [7, 11) is 1.39. The number of fused-ring (bicyclic) bond motifs is 1. The Bertz CT molecular complexity index is 731. The molecule has 0 saturated heterocycles. The Labute approximate surface area is 133 Å². The van der Waals surface area contributed by atoms with Crippen LogP contribution in [0.2, 0.25) is 0 Å². The zero-order valence-electron chi connectivity index (χ0n) is 13.3. The zero-order chi connectivity index (χ0) is 16.7. The van der Waals surface area contributed by atoms with Crippen molar-refractivity contribution in [3.8, 4) is 5.75 Å². The average Bonchev–Trinajstić information content (AvgIpc) is 2.85. The Morgan fingerprint density at radius 3 is 2.55 bits per heavy atom. The summed E-state index contributed by atoms with van der Waals surface area (Å²) in [6.45, 7) is 6.92. The second kappa shape index (κ2) is 5.80. The van der Waals surface area contributed by atoms with Gasteiger partial charge in [0.05, 0.1) is 18.5 Å². The van der Waals surface area contributed by atoms with E-state index in [0.717, 1.165) is 0 Å². The highest BCUT2D eigenvalue weighted by Crippen LogP contribution is 2.36. The lowest BCUT2D eigenvalue weighted by molar-refractivity contribution is 0.0544. The molecule has 0 aliphatic rings. The van der Waals surface area contributed by atoms with E-state index in [1.54, 1.807) is 40.0 Å². The molecule has 0 radical (unpaired) electrons. The van der Waals surface area contributed by atoms with E-state index in [2.05, 4.69) is 0 Å². The summed E-state index contributed by atoms with van der Waals surface area (Å²) in [5.41, 5.74) is 0.645. The molecule has 0 bridgehead atoms. The molecule has 0 aliphatic carbocycles. The van der Waals surface area contributed by atoms with Gasteiger partial charge in [-0.15, -0.1) is 11.6 Å². The minimum Gasteiger partial charge on any atom is -0.493 e. The van der Waals surface area contributed by atoms with E-state index in [9.17, 15) is 9.18 Å². The molecular formula is C16H19ClFNO3. The van der Waals surface area contributed by atoms with Crippen molar-refractivity contribution in [2.75, 3.05) is 7.11 Å². The Morgan fingerprint density at radius 1 is 1.41 bits per heavy atom. The number of methoxy groups -OCH3 is 1. The lowest BCUT2D eigenvalue weighted by Crippen LogP contribution is -2.27. The van der Waals surface area contributed by atoms with Gasteiger partial charge in [-0.3, -0.25) is 4.57 Å². The molecule has 1 aromatic carbocycles. The van der Waals surface area contributed by atoms with Gasteiger partial charge in [-0.25, -0.2) is 9.18 Å². The Hall–Kier alpha value is -1.75. The number of alkyl halides is 1. The third kappa shape index (κ3) is 2.77. The molecule has 0 N–H and O–H groups in total. The van der Waals surface area contributed by atoms with E-state index in [0.29, 0.717) is 22.0 Å². The summed E-state index contributed by atoms with van der Waals surface area (Å²) in [4.78, 5) is 12.3. The first kappa shape index (κ1) is 16.6. The smallest absolute Gasteiger partial charge is 0.419 e. The molecule has 6 heteroatoms. The second-order valence-electron chi connectivity index (χ2n) is 6.01. The van der Waals surface area contributed by atoms with Crippen LogP contribution in [0.25, 0.3) is 10.9 Å². The van der Waals surface area contributed by atoms with Crippen LogP contribution in [0, 0.1) is 12.7 Å². The Kier molecular flexibility index (Phi) is 4.38. The van der Waals surface area contributed by atoms with Gasteiger partial charge < -0.3 is 9.47 Å². The summed E-state index contributed by atoms with van der Waals surface area (Å²) < 4.78 is 26.3. The van der Waals surface area contributed by atoms with Crippen LogP contribution >= 0.6 is 11.6 Å². The summed E-state index contributed by atoms with van der Waals surface area (Å²) in [5.74, 6) is -0.328. The average molecular weight is 328 g/mol. The monoisotopic (exact) mass is 327 g/mol. The van der Waals surface area contributed by atoms with Crippen molar-refractivity contribution in [1.29, 1.82) is 0 Å². The lowest BCUT2D eigenvalue weighted by atomic mass is 10.1. The predicted octanol–water partition coefficient (Wildman–Crippen LogP) is 4.62. The first-order chi connectivity index (χ1) is 10.2. The maximum atomic E-state index is 14.5. The SMILES string of the molecule is COc1c(F)c(C)c2c(ccn2C(=O)OC(C)(C)C)c1CCl. The third-order valence-electron chi connectivity index (χ3n) is 3.30. The highest BCUT2D eigenvalue weighted by Gasteiger charge is 2.24. The number of hydrogen-bond donors (Lipinski definition) is 0. The van der Waals surface area contributed by atoms with Crippen molar-refractivity contribution in [3.05, 3.63) is 29.2 Å². The molecule has 22 heavy (non-hydrogen) atoms. The lowest BCUT2D eigenvalue weighted by Gasteiger charge is -2.20. The first-order valence-corrected chi connectivity index (χ1v) is 7.40. The summed E-state index contributed by atoms with van der Waals surface area (Å²) in [5, 5.41) is 0.677. The van der Waals surface area contributed by atoms with Gasteiger partial charge in [-0.05, 0) is 33.8 Å². The summed E-state index contributed by atoms with van der Waals surface area (Å²) in [6.07, 6.45) is 0.997. The number of carbonyl (C=O) groups excluding carboxylic acids is 1. The minimum atomic E-state index is -0.637. The molecule has 0 saturated carbocycles. The van der Waals surface area contributed by atoms with E-state index in [-0.39, 0.29) is 11.6 Å². The Morgan fingerprint density at radius 2 is 2.05 bits per heavy atom. The number of ether oxygens (including phenoxy) is 2. The minimum absolute atomic E-state index is 0.0786. The van der Waals surface area contributed by atoms with Crippen LogP contribution < -0.4 is 4.74 Å². The molecule has 4 nitrogen and oxygen atoms in total. The highest BCUT2D eigenvalue weighted by molar-refractivity contribution is 6.18. The number of carbonyl (C=O) groups is 1. The van der Waals surface area contributed by atoms with Crippen LogP contribution in [0.15, 0.2) is 12.3 Å². The second-order valence-corrected chi connectivity index (χ2v) is 6.28. The van der Waals surface area contributed by atoms with Crippen LogP contribution in [0.5, 0.6) is 5.75 Å². The number of aryl methyl sites for hydroxylation is 1. The van der Waals surface area contributed by atoms with Crippen LogP contribution in [-0.2, 0) is 10.6 Å². The van der Waals surface area contributed by atoms with Gasteiger partial charge in [0.1, 0.15) is 5.60 Å². The van der Waals surface area contributed by atoms with Gasteiger partial charge in [0.15, 0.2) is 11.6 Å².